The van der Waals surface area contributed by atoms with Crippen LogP contribution in [0.2, 0.25) is 0 Å². The molecule has 2 N–H and O–H groups in total. The lowest BCUT2D eigenvalue weighted by Gasteiger charge is -2.22. The van der Waals surface area contributed by atoms with Crippen LogP contribution in [0.5, 0.6) is 0 Å². The van der Waals surface area contributed by atoms with Crippen molar-refractivity contribution in [1.29, 1.82) is 0 Å². The van der Waals surface area contributed by atoms with Crippen molar-refractivity contribution in [3.8, 4) is 0 Å². The number of hydrogen-bond donors (Lipinski definition) is 2. The van der Waals surface area contributed by atoms with Gasteiger partial charge in [-0.2, -0.15) is 0 Å². The number of benzene rings is 1. The molecule has 2 aromatic rings. The summed E-state index contributed by atoms with van der Waals surface area (Å²) in [4.78, 5) is 4.80. The number of aromatic nitrogens is 3. The summed E-state index contributed by atoms with van der Waals surface area (Å²) in [6.07, 6.45) is 7.51. The Morgan fingerprint density at radius 2 is 2.03 bits per heavy atom. The van der Waals surface area contributed by atoms with Gasteiger partial charge in [-0.3, -0.25) is 0 Å². The minimum atomic E-state index is 0. The number of aryl methyl sites for hydroxylation is 3. The molecule has 1 aliphatic carbocycles. The van der Waals surface area contributed by atoms with E-state index in [0.717, 1.165) is 43.6 Å². The van der Waals surface area contributed by atoms with Crippen molar-refractivity contribution in [3.63, 3.8) is 0 Å². The quantitative estimate of drug-likeness (QED) is 0.334. The number of ether oxygens (including phenoxy) is 1. The van der Waals surface area contributed by atoms with Crippen LogP contribution >= 0.6 is 24.0 Å². The Labute approximate surface area is 202 Å². The van der Waals surface area contributed by atoms with E-state index in [4.69, 9.17) is 9.73 Å². The topological polar surface area (TPSA) is 76.4 Å². The summed E-state index contributed by atoms with van der Waals surface area (Å²) < 4.78 is 7.75. The normalized spacial score (nSPS) is 19.5. The molecule has 2 atom stereocenters. The van der Waals surface area contributed by atoms with Crippen LogP contribution in [0.15, 0.2) is 23.2 Å². The van der Waals surface area contributed by atoms with Gasteiger partial charge in [0.15, 0.2) is 11.8 Å². The van der Waals surface area contributed by atoms with Crippen molar-refractivity contribution in [2.45, 2.75) is 71.1 Å². The second kappa shape index (κ2) is 11.3. The van der Waals surface area contributed by atoms with E-state index >= 15 is 0 Å². The van der Waals surface area contributed by atoms with Crippen molar-refractivity contribution in [1.82, 2.24) is 25.4 Å². The maximum absolute atomic E-state index is 5.77. The van der Waals surface area contributed by atoms with E-state index in [1.807, 2.05) is 18.5 Å². The maximum atomic E-state index is 5.77. The zero-order valence-corrected chi connectivity index (χ0v) is 21.2. The summed E-state index contributed by atoms with van der Waals surface area (Å²) in [6, 6.07) is 7.09. The highest BCUT2D eigenvalue weighted by atomic mass is 127. The van der Waals surface area contributed by atoms with Crippen molar-refractivity contribution in [2.75, 3.05) is 13.2 Å². The number of guanidine groups is 1. The first-order valence-corrected chi connectivity index (χ1v) is 11.2. The Kier molecular flexibility index (Phi) is 8.71. The predicted molar refractivity (Wildman–Crippen MR) is 134 cm³/mol. The maximum Gasteiger partial charge on any atom is 0.192 e. The number of halogens is 1. The minimum Gasteiger partial charge on any atom is -0.376 e. The molecule has 4 rings (SSSR count). The van der Waals surface area contributed by atoms with E-state index in [9.17, 15) is 0 Å². The van der Waals surface area contributed by atoms with Gasteiger partial charge in [-0.05, 0) is 69.1 Å². The van der Waals surface area contributed by atoms with Gasteiger partial charge < -0.3 is 19.9 Å². The van der Waals surface area contributed by atoms with Gasteiger partial charge in [0.1, 0.15) is 12.4 Å². The van der Waals surface area contributed by atoms with Crippen LogP contribution in [0.3, 0.4) is 0 Å². The predicted octanol–water partition coefficient (Wildman–Crippen LogP) is 3.60. The monoisotopic (exact) mass is 538 g/mol. The van der Waals surface area contributed by atoms with Crippen LogP contribution in [-0.2, 0) is 31.2 Å². The zero-order valence-electron chi connectivity index (χ0n) is 18.9. The fraction of sp³-hybridized carbons (Fsp3) is 0.609. The first-order chi connectivity index (χ1) is 14.6. The Morgan fingerprint density at radius 1 is 1.23 bits per heavy atom. The fourth-order valence-corrected chi connectivity index (χ4v) is 4.22. The Hall–Kier alpha value is -1.68. The number of nitrogens with one attached hydrogen (secondary N) is 2. The molecule has 0 radical (unpaired) electrons. The molecule has 7 nitrogen and oxygen atoms in total. The van der Waals surface area contributed by atoms with Crippen LogP contribution in [0.25, 0.3) is 0 Å². The summed E-state index contributed by atoms with van der Waals surface area (Å²) in [7, 11) is 1.98. The zero-order chi connectivity index (χ0) is 20.9. The largest absolute Gasteiger partial charge is 0.376 e. The highest BCUT2D eigenvalue weighted by Crippen LogP contribution is 2.24. The van der Waals surface area contributed by atoms with Crippen molar-refractivity contribution in [3.05, 3.63) is 46.5 Å². The second-order valence-electron chi connectivity index (χ2n) is 8.50. The Balaban J connectivity index is 0.00000272. The average molecular weight is 538 g/mol. The summed E-state index contributed by atoms with van der Waals surface area (Å²) in [5.41, 5.74) is 4.32. The smallest absolute Gasteiger partial charge is 0.192 e. The molecular formula is C23H35IN6O. The average Bonchev–Trinajstić information content (AvgIpc) is 3.40. The van der Waals surface area contributed by atoms with E-state index in [2.05, 4.69) is 46.0 Å². The van der Waals surface area contributed by atoms with Gasteiger partial charge in [0.2, 0.25) is 0 Å². The lowest BCUT2D eigenvalue weighted by molar-refractivity contribution is 0.113. The number of fused-ring (bicyclic) bond motifs is 1. The molecule has 8 heteroatoms. The van der Waals surface area contributed by atoms with Crippen molar-refractivity contribution >= 4 is 29.9 Å². The number of rotatable bonds is 6. The Bertz CT molecular complexity index is 890. The van der Waals surface area contributed by atoms with E-state index in [1.165, 1.54) is 42.4 Å². The fourth-order valence-electron chi connectivity index (χ4n) is 4.22. The van der Waals surface area contributed by atoms with Gasteiger partial charge >= 0.3 is 0 Å². The van der Waals surface area contributed by atoms with Crippen molar-refractivity contribution < 1.29 is 4.74 Å². The number of aliphatic imine (C=N–C) groups is 1. The molecule has 0 spiro atoms. The van der Waals surface area contributed by atoms with Gasteiger partial charge in [0, 0.05) is 20.2 Å². The third-order valence-electron chi connectivity index (χ3n) is 6.31. The van der Waals surface area contributed by atoms with Crippen LogP contribution in [-0.4, -0.2) is 40.0 Å². The van der Waals surface area contributed by atoms with E-state index in [1.54, 1.807) is 0 Å². The van der Waals surface area contributed by atoms with Gasteiger partial charge in [-0.25, -0.2) is 4.99 Å². The molecule has 0 bridgehead atoms. The molecule has 1 aliphatic heterocycles. The number of nitrogens with zero attached hydrogens (tertiary/aromatic N) is 4. The summed E-state index contributed by atoms with van der Waals surface area (Å²) >= 11 is 0. The van der Waals surface area contributed by atoms with Crippen LogP contribution < -0.4 is 10.6 Å². The highest BCUT2D eigenvalue weighted by Gasteiger charge is 2.18. The van der Waals surface area contributed by atoms with Gasteiger partial charge in [-0.15, -0.1) is 34.2 Å². The molecule has 2 heterocycles. The van der Waals surface area contributed by atoms with Gasteiger partial charge in [-0.1, -0.05) is 18.2 Å². The molecule has 1 aromatic heterocycles. The molecule has 2 unspecified atom stereocenters. The molecule has 1 aromatic carbocycles. The van der Waals surface area contributed by atoms with E-state index < -0.39 is 0 Å². The summed E-state index contributed by atoms with van der Waals surface area (Å²) in [5.74, 6) is 2.54. The summed E-state index contributed by atoms with van der Waals surface area (Å²) in [5, 5.41) is 15.4. The standard InChI is InChI=1S/C23H34N6O.HI/c1-16(19-11-10-18-7-4-5-8-20(18)13-19)26-23(24-14-21-9-6-12-30-21)25-15-22-28-27-17(2)29(22)3;/h10-11,13,16,21H,4-9,12,14-15H2,1-3H3,(H2,24,25,26);1H. The molecule has 1 saturated heterocycles. The molecule has 2 aliphatic rings. The minimum absolute atomic E-state index is 0. The van der Waals surface area contributed by atoms with Gasteiger partial charge in [0.05, 0.1) is 12.1 Å². The van der Waals surface area contributed by atoms with Crippen LogP contribution in [0.4, 0.5) is 0 Å². The van der Waals surface area contributed by atoms with Crippen LogP contribution in [0.1, 0.15) is 67.0 Å². The molecule has 31 heavy (non-hydrogen) atoms. The van der Waals surface area contributed by atoms with Gasteiger partial charge in [0.25, 0.3) is 0 Å². The molecule has 170 valence electrons. The Morgan fingerprint density at radius 3 is 2.74 bits per heavy atom. The first-order valence-electron chi connectivity index (χ1n) is 11.2. The second-order valence-corrected chi connectivity index (χ2v) is 8.50. The highest BCUT2D eigenvalue weighted by molar-refractivity contribution is 14.0. The molecule has 0 saturated carbocycles. The molecular weight excluding hydrogens is 503 g/mol. The van der Waals surface area contributed by atoms with E-state index in [-0.39, 0.29) is 36.1 Å². The molecule has 1 fully saturated rings. The third-order valence-corrected chi connectivity index (χ3v) is 6.31. The molecule has 0 amide bonds. The third kappa shape index (κ3) is 6.19. The van der Waals surface area contributed by atoms with Crippen molar-refractivity contribution in [2.24, 2.45) is 12.0 Å². The number of hydrogen-bond acceptors (Lipinski definition) is 4. The lowest BCUT2D eigenvalue weighted by Crippen LogP contribution is -2.42. The first kappa shape index (κ1) is 24.0. The lowest BCUT2D eigenvalue weighted by atomic mass is 9.89. The van der Waals surface area contributed by atoms with E-state index in [0.29, 0.717) is 6.54 Å². The summed E-state index contributed by atoms with van der Waals surface area (Å²) in [6.45, 7) is 6.25. The van der Waals surface area contributed by atoms with Crippen LogP contribution in [0, 0.1) is 6.92 Å². The SMILES string of the molecule is Cc1nnc(CN=C(NCC2CCCO2)NC(C)c2ccc3c(c2)CCCC3)n1C.I.